The van der Waals surface area contributed by atoms with E-state index in [1.54, 1.807) is 11.3 Å². The van der Waals surface area contributed by atoms with E-state index in [4.69, 9.17) is 0 Å². The number of nitrogens with one attached hydrogen (secondary N) is 1. The van der Waals surface area contributed by atoms with E-state index in [1.807, 2.05) is 53.4 Å². The van der Waals surface area contributed by atoms with Gasteiger partial charge in [-0.2, -0.15) is 4.57 Å². The maximum absolute atomic E-state index is 12.9. The first-order valence-corrected chi connectivity index (χ1v) is 8.84. The Hall–Kier alpha value is -2.18. The lowest BCUT2D eigenvalue weighted by Gasteiger charge is -2.22. The number of benzene rings is 2. The Morgan fingerprint density at radius 2 is 1.88 bits per heavy atom. The number of urea groups is 1. The van der Waals surface area contributed by atoms with Gasteiger partial charge in [-0.1, -0.05) is 41.7 Å². The highest BCUT2D eigenvalue weighted by molar-refractivity contribution is 7.09. The lowest BCUT2D eigenvalue weighted by Crippen LogP contribution is -3.00. The molecule has 0 saturated carbocycles. The van der Waals surface area contributed by atoms with Gasteiger partial charge >= 0.3 is 6.03 Å². The lowest BCUT2D eigenvalue weighted by molar-refractivity contribution is -0.598. The second kappa shape index (κ2) is 7.37. The van der Waals surface area contributed by atoms with Gasteiger partial charge in [0.25, 0.3) is 0 Å². The van der Waals surface area contributed by atoms with Crippen LogP contribution in [-0.4, -0.2) is 12.6 Å². The monoisotopic (exact) mass is 415 g/mol. The smallest absolute Gasteiger partial charge is 0.326 e. The number of carbonyl (C=O) groups is 1. The van der Waals surface area contributed by atoms with E-state index in [1.165, 1.54) is 5.01 Å². The van der Waals surface area contributed by atoms with Crippen molar-refractivity contribution in [2.24, 2.45) is 0 Å². The summed E-state index contributed by atoms with van der Waals surface area (Å²) in [7, 11) is 0. The van der Waals surface area contributed by atoms with Gasteiger partial charge in [0.2, 0.25) is 10.7 Å². The molecule has 4 nitrogen and oxygen atoms in total. The van der Waals surface area contributed by atoms with Crippen LogP contribution >= 0.6 is 11.3 Å². The molecule has 2 heterocycles. The van der Waals surface area contributed by atoms with Crippen molar-refractivity contribution in [3.05, 3.63) is 71.2 Å². The van der Waals surface area contributed by atoms with Crippen LogP contribution in [0.3, 0.4) is 0 Å². The number of fused-ring (bicyclic) bond motifs is 3. The number of anilines is 2. The molecule has 0 saturated heterocycles. The van der Waals surface area contributed by atoms with Crippen LogP contribution in [0.4, 0.5) is 16.2 Å². The summed E-state index contributed by atoms with van der Waals surface area (Å²) in [6.45, 7) is 2.81. The van der Waals surface area contributed by atoms with Gasteiger partial charge in [-0.25, -0.2) is 4.79 Å². The SMILES string of the molecule is CC1CN(C(=O)Nc2ccccc2)c2ccccc2-[n+]2ccsc21.[Br-]. The number of amides is 2. The number of rotatable bonds is 1. The third-order valence-corrected chi connectivity index (χ3v) is 5.31. The molecular formula is C19H18BrN3OS. The highest BCUT2D eigenvalue weighted by Gasteiger charge is 2.34. The quantitative estimate of drug-likeness (QED) is 0.595. The zero-order valence-corrected chi connectivity index (χ0v) is 16.1. The van der Waals surface area contributed by atoms with Gasteiger partial charge in [0.05, 0.1) is 11.3 Å². The molecule has 3 aromatic rings. The van der Waals surface area contributed by atoms with E-state index in [0.29, 0.717) is 6.54 Å². The van der Waals surface area contributed by atoms with Crippen LogP contribution in [0.15, 0.2) is 66.2 Å². The Balaban J connectivity index is 0.00000182. The molecular weight excluding hydrogens is 398 g/mol. The summed E-state index contributed by atoms with van der Waals surface area (Å²) < 4.78 is 2.19. The van der Waals surface area contributed by atoms with Gasteiger partial charge in [-0.3, -0.25) is 4.90 Å². The lowest BCUT2D eigenvalue weighted by atomic mass is 10.2. The summed E-state index contributed by atoms with van der Waals surface area (Å²) >= 11 is 1.73. The topological polar surface area (TPSA) is 36.2 Å². The van der Waals surface area contributed by atoms with Crippen LogP contribution in [0.5, 0.6) is 0 Å². The van der Waals surface area contributed by atoms with Crippen LogP contribution in [0.25, 0.3) is 5.69 Å². The van der Waals surface area contributed by atoms with Gasteiger partial charge in [-0.15, -0.1) is 0 Å². The number of carbonyl (C=O) groups excluding carboxylic acids is 1. The largest absolute Gasteiger partial charge is 1.00 e. The number of para-hydroxylation sites is 3. The van der Waals surface area contributed by atoms with Crippen molar-refractivity contribution in [2.45, 2.75) is 12.8 Å². The maximum atomic E-state index is 12.9. The minimum atomic E-state index is -0.101. The maximum Gasteiger partial charge on any atom is 0.326 e. The second-order valence-corrected chi connectivity index (χ2v) is 6.83. The Morgan fingerprint density at radius 3 is 2.68 bits per heavy atom. The molecule has 25 heavy (non-hydrogen) atoms. The van der Waals surface area contributed by atoms with Crippen LogP contribution in [0, 0.1) is 0 Å². The fraction of sp³-hybridized carbons (Fsp3) is 0.158. The molecule has 1 N–H and O–H groups in total. The summed E-state index contributed by atoms with van der Waals surface area (Å²) in [5.41, 5.74) is 2.78. The summed E-state index contributed by atoms with van der Waals surface area (Å²) in [5.74, 6) is 0.263. The van der Waals surface area contributed by atoms with E-state index >= 15 is 0 Å². The van der Waals surface area contributed by atoms with Gasteiger partial charge < -0.3 is 22.3 Å². The van der Waals surface area contributed by atoms with E-state index in [0.717, 1.165) is 17.1 Å². The summed E-state index contributed by atoms with van der Waals surface area (Å²) in [5, 5.41) is 6.36. The summed E-state index contributed by atoms with van der Waals surface area (Å²) in [6.07, 6.45) is 2.08. The summed E-state index contributed by atoms with van der Waals surface area (Å²) in [4.78, 5) is 14.8. The molecule has 0 fully saturated rings. The second-order valence-electron chi connectivity index (χ2n) is 5.91. The van der Waals surface area contributed by atoms with Crippen molar-refractivity contribution < 1.29 is 26.3 Å². The first kappa shape index (κ1) is 17.6. The Labute approximate surface area is 161 Å². The van der Waals surface area contributed by atoms with Crippen molar-refractivity contribution >= 4 is 28.7 Å². The molecule has 0 radical (unpaired) electrons. The predicted molar refractivity (Wildman–Crippen MR) is 97.1 cm³/mol. The molecule has 2 amide bonds. The van der Waals surface area contributed by atoms with Crippen LogP contribution < -0.4 is 31.8 Å². The Bertz CT molecular complexity index is 881. The molecule has 4 rings (SSSR count). The first-order valence-electron chi connectivity index (χ1n) is 7.96. The normalized spacial score (nSPS) is 15.4. The molecule has 0 bridgehead atoms. The van der Waals surface area contributed by atoms with Crippen LogP contribution in [0.1, 0.15) is 17.8 Å². The minimum absolute atomic E-state index is 0. The van der Waals surface area contributed by atoms with Crippen molar-refractivity contribution in [1.82, 2.24) is 0 Å². The number of hydrogen-bond donors (Lipinski definition) is 1. The first-order chi connectivity index (χ1) is 11.7. The number of thiazole rings is 1. The van der Waals surface area contributed by atoms with Gasteiger partial charge in [0, 0.05) is 18.3 Å². The van der Waals surface area contributed by atoms with Crippen molar-refractivity contribution in [3.63, 3.8) is 0 Å². The molecule has 128 valence electrons. The average molecular weight is 416 g/mol. The average Bonchev–Trinajstić information content (AvgIpc) is 3.06. The van der Waals surface area contributed by atoms with Gasteiger partial charge in [-0.05, 0) is 25.1 Å². The number of hydrogen-bond acceptors (Lipinski definition) is 2. The fourth-order valence-corrected chi connectivity index (χ4v) is 4.00. The number of nitrogens with zero attached hydrogens (tertiary/aromatic N) is 2. The van der Waals surface area contributed by atoms with Crippen molar-refractivity contribution in [1.29, 1.82) is 0 Å². The molecule has 1 aliphatic rings. The zero-order valence-electron chi connectivity index (χ0n) is 13.7. The number of halogens is 1. The molecule has 2 aromatic carbocycles. The van der Waals surface area contributed by atoms with Crippen LogP contribution in [0.2, 0.25) is 0 Å². The van der Waals surface area contributed by atoms with E-state index < -0.39 is 0 Å². The number of aromatic nitrogens is 1. The fourth-order valence-electron chi connectivity index (χ4n) is 3.10. The third-order valence-electron chi connectivity index (χ3n) is 4.22. The van der Waals surface area contributed by atoms with Crippen molar-refractivity contribution in [2.75, 3.05) is 16.8 Å². The molecule has 1 unspecified atom stereocenters. The molecule has 1 atom stereocenters. The highest BCUT2D eigenvalue weighted by Crippen LogP contribution is 2.31. The molecule has 1 aromatic heterocycles. The van der Waals surface area contributed by atoms with Gasteiger partial charge in [0.15, 0.2) is 6.20 Å². The molecule has 0 aliphatic carbocycles. The van der Waals surface area contributed by atoms with Crippen molar-refractivity contribution in [3.8, 4) is 5.69 Å². The zero-order chi connectivity index (χ0) is 16.5. The Morgan fingerprint density at radius 1 is 1.16 bits per heavy atom. The summed E-state index contributed by atoms with van der Waals surface area (Å²) in [6, 6.07) is 17.5. The van der Waals surface area contributed by atoms with Crippen LogP contribution in [-0.2, 0) is 0 Å². The van der Waals surface area contributed by atoms with E-state index in [2.05, 4.69) is 34.5 Å². The van der Waals surface area contributed by atoms with E-state index in [-0.39, 0.29) is 28.9 Å². The molecule has 0 spiro atoms. The highest BCUT2D eigenvalue weighted by atomic mass is 79.9. The van der Waals surface area contributed by atoms with E-state index in [9.17, 15) is 4.79 Å². The predicted octanol–water partition coefficient (Wildman–Crippen LogP) is 1.18. The van der Waals surface area contributed by atoms with Gasteiger partial charge in [0.1, 0.15) is 5.69 Å². The molecule has 6 heteroatoms. The minimum Gasteiger partial charge on any atom is -1.00 e. The standard InChI is InChI=1S/C19H17N3OS.BrH/c1-14-13-22(19(23)20-15-7-3-2-4-8-15)17-10-6-5-9-16(17)21-11-12-24-18(14)21;/h2-12,14H,13H2,1H3;1H. The third kappa shape index (κ3) is 3.32. The molecule has 1 aliphatic heterocycles. The Kier molecular flexibility index (Phi) is 5.20.